The first-order valence-electron chi connectivity index (χ1n) is 48.3. The Balaban J connectivity index is 0.792. The fraction of sp³-hybridized carbons (Fsp3) is 0.125. The van der Waals surface area contributed by atoms with E-state index in [2.05, 4.69) is 457 Å². The predicted octanol–water partition coefficient (Wildman–Crippen LogP) is 31.3. The summed E-state index contributed by atoms with van der Waals surface area (Å²) in [6.07, 6.45) is 64.1. The Morgan fingerprint density at radius 1 is 0.353 bits per heavy atom. The van der Waals surface area contributed by atoms with Crippen molar-refractivity contribution in [1.29, 1.82) is 0 Å². The van der Waals surface area contributed by atoms with Crippen molar-refractivity contribution in [3.8, 4) is 22.3 Å². The average molecular weight is 1700 g/mol. The van der Waals surface area contributed by atoms with Gasteiger partial charge in [0.1, 0.15) is 0 Å². The molecule has 133 heavy (non-hydrogen) atoms. The zero-order valence-corrected chi connectivity index (χ0v) is 74.6. The molecule has 0 fully saturated rings. The highest BCUT2D eigenvalue weighted by Gasteiger charge is 2.50. The maximum atomic E-state index is 3.00. The lowest BCUT2D eigenvalue weighted by Crippen LogP contribution is -2.64. The van der Waals surface area contributed by atoms with Crippen molar-refractivity contribution in [2.24, 2.45) is 17.8 Å². The summed E-state index contributed by atoms with van der Waals surface area (Å²) in [5.41, 5.74) is 42.8. The van der Waals surface area contributed by atoms with Crippen molar-refractivity contribution >= 4 is 123 Å². The summed E-state index contributed by atoms with van der Waals surface area (Å²) >= 11 is 0. The quantitative estimate of drug-likeness (QED) is 0.0665. The lowest BCUT2D eigenvalue weighted by Gasteiger charge is -2.51. The number of hydrogen-bond donors (Lipinski definition) is 0. The molecule has 0 radical (unpaired) electrons. The lowest BCUT2D eigenvalue weighted by atomic mass is 9.33. The number of benzene rings is 14. The van der Waals surface area contributed by atoms with Crippen LogP contribution < -0.4 is 36.0 Å². The first kappa shape index (κ1) is 78.7. The average Bonchev–Trinajstić information content (AvgIpc) is 0.684. The van der Waals surface area contributed by atoms with Crippen molar-refractivity contribution in [1.82, 2.24) is 0 Å². The Kier molecular flexibility index (Phi) is 19.5. The number of fused-ring (bicyclic) bond motifs is 4. The van der Waals surface area contributed by atoms with E-state index < -0.39 is 0 Å². The van der Waals surface area contributed by atoms with E-state index in [4.69, 9.17) is 0 Å². The first-order valence-corrected chi connectivity index (χ1v) is 48.3. The summed E-state index contributed by atoms with van der Waals surface area (Å²) in [4.78, 5) is 11.1. The van der Waals surface area contributed by atoms with Crippen LogP contribution in [0.25, 0.3) is 71.3 Å². The van der Waals surface area contributed by atoms with Gasteiger partial charge in [0, 0.05) is 80.1 Å². The van der Waals surface area contributed by atoms with E-state index in [1.54, 1.807) is 0 Å². The molecule has 0 saturated heterocycles. The van der Waals surface area contributed by atoms with Crippen molar-refractivity contribution in [3.63, 3.8) is 0 Å². The number of allylic oxidation sites excluding steroid dienone is 31. The van der Waals surface area contributed by atoms with E-state index in [9.17, 15) is 0 Å². The highest BCUT2D eigenvalue weighted by Crippen LogP contribution is 2.58. The van der Waals surface area contributed by atoms with Crippen LogP contribution in [-0.4, -0.2) is 12.8 Å². The maximum absolute atomic E-state index is 3.00. The zero-order chi connectivity index (χ0) is 87.6. The van der Waals surface area contributed by atoms with Gasteiger partial charge in [-0.25, -0.2) is 0 Å². The maximum Gasteiger partial charge on any atom is 0.252 e. The smallest absolute Gasteiger partial charge is 0.252 e. The van der Waals surface area contributed by atoms with Crippen molar-refractivity contribution < 1.29 is 0 Å². The number of anilines is 9. The Labute approximate surface area is 780 Å². The van der Waals surface area contributed by atoms with Crippen LogP contribution in [0, 0.1) is 17.8 Å². The van der Waals surface area contributed by atoms with Crippen LogP contribution in [0.2, 0.25) is 0 Å². The fourth-order valence-electron chi connectivity index (χ4n) is 24.5. The highest BCUT2D eigenvalue weighted by molar-refractivity contribution is 7.00. The molecule has 0 saturated carbocycles. The number of rotatable bonds is 17. The van der Waals surface area contributed by atoms with Gasteiger partial charge >= 0.3 is 0 Å². The van der Waals surface area contributed by atoms with Crippen molar-refractivity contribution in [2.75, 3.05) is 19.6 Å². The van der Waals surface area contributed by atoms with Crippen LogP contribution >= 0.6 is 0 Å². The fourth-order valence-corrected chi connectivity index (χ4v) is 24.5. The summed E-state index contributed by atoms with van der Waals surface area (Å²) in [6, 6.07) is 117. The highest BCUT2D eigenvalue weighted by atomic mass is 15.2. The molecule has 5 atom stereocenters. The van der Waals surface area contributed by atoms with Crippen LogP contribution in [0.5, 0.6) is 0 Å². The van der Waals surface area contributed by atoms with Gasteiger partial charge in [-0.05, 0) is 299 Å². The minimum atomic E-state index is -0.292. The molecule has 0 amide bonds. The number of hydrogen-bond acceptors (Lipinski definition) is 4. The van der Waals surface area contributed by atoms with E-state index in [-0.39, 0.29) is 36.4 Å². The van der Waals surface area contributed by atoms with Crippen molar-refractivity contribution in [3.05, 3.63) is 521 Å². The second-order valence-corrected chi connectivity index (χ2v) is 37.8. The second kappa shape index (κ2) is 33.0. The molecule has 5 heteroatoms. The Bertz CT molecular complexity index is 7770. The lowest BCUT2D eigenvalue weighted by molar-refractivity contribution is 0.470. The molecule has 0 aromatic heterocycles. The summed E-state index contributed by atoms with van der Waals surface area (Å²) in [6.45, 7) is -0.292. The molecule has 634 valence electrons. The normalized spacial score (nSPS) is 20.1. The van der Waals surface area contributed by atoms with E-state index in [1.165, 1.54) is 189 Å². The minimum absolute atomic E-state index is 0.0654. The van der Waals surface area contributed by atoms with Crippen LogP contribution in [-0.2, 0) is 0 Å². The Morgan fingerprint density at radius 3 is 1.77 bits per heavy atom. The third-order valence-electron chi connectivity index (χ3n) is 30.5. The predicted molar refractivity (Wildman–Crippen MR) is 563 cm³/mol. The van der Waals surface area contributed by atoms with Gasteiger partial charge in [0.05, 0.1) is 23.1 Å². The molecule has 14 aromatic rings. The Hall–Kier alpha value is -15.3. The van der Waals surface area contributed by atoms with E-state index >= 15 is 0 Å². The summed E-state index contributed by atoms with van der Waals surface area (Å²) < 4.78 is 0. The molecule has 14 aromatic carbocycles. The monoisotopic (exact) mass is 1700 g/mol. The van der Waals surface area contributed by atoms with Gasteiger partial charge in [0.2, 0.25) is 0 Å². The van der Waals surface area contributed by atoms with Crippen LogP contribution in [0.3, 0.4) is 0 Å². The third kappa shape index (κ3) is 13.5. The van der Waals surface area contributed by atoms with Gasteiger partial charge in [-0.1, -0.05) is 358 Å². The van der Waals surface area contributed by atoms with Crippen LogP contribution in [0.1, 0.15) is 98.8 Å². The van der Waals surface area contributed by atoms with Gasteiger partial charge in [0.15, 0.2) is 0 Å². The molecular formula is C128H99BN4. The second-order valence-electron chi connectivity index (χ2n) is 37.8. The van der Waals surface area contributed by atoms with Gasteiger partial charge in [-0.2, -0.15) is 0 Å². The third-order valence-corrected chi connectivity index (χ3v) is 30.5. The molecule has 5 unspecified atom stereocenters. The topological polar surface area (TPSA) is 13.0 Å². The largest absolute Gasteiger partial charge is 0.334 e. The first-order chi connectivity index (χ1) is 66.0. The molecule has 10 aliphatic carbocycles. The summed E-state index contributed by atoms with van der Waals surface area (Å²) in [7, 11) is 0. The Morgan fingerprint density at radius 2 is 0.992 bits per heavy atom. The van der Waals surface area contributed by atoms with Gasteiger partial charge in [0.25, 0.3) is 6.71 Å². The minimum Gasteiger partial charge on any atom is -0.334 e. The SMILES string of the molecule is C1=CCCC(C2=CC(C3CCC=C(C4=CC(c5ccccc5)=CCC4)C3N3c4cc(N(c5ccccc5)c5ccc6ccc7cccc8ccc5c6c78)ccc4B4c5ccc(N(C6=CC7=CC=CC8=CC=C9C=CC=C6C9C87)c6ccccc6)cc5N(C5=C(c6cccc(C7C=CC=CC7)c6)CCC=C5c5cccc(-c6ccccc6)c5)c5cc(-c6ccccc6)cc3c54)=CCC2)=C1. The van der Waals surface area contributed by atoms with Gasteiger partial charge < -0.3 is 19.6 Å². The van der Waals surface area contributed by atoms with Crippen LogP contribution in [0.15, 0.2) is 499 Å². The van der Waals surface area contributed by atoms with Crippen molar-refractivity contribution in [2.45, 2.75) is 82.6 Å². The molecule has 2 aliphatic heterocycles. The standard InChI is InChI=1S/C128H99BN4/c1-8-31-84(32-9-1)94-45-24-49-98(75-94)108-58-29-59-109(99-50-25-46-95(76-99)85-33-10-2-11-34-85)127(108)132-118-82-106(130(104-54-18-6-19-55-104)116-74-68-93-66-64-89-41-22-42-91-67-71-113(116)125(93)122(89)91)69-72-114(118)129-115-73-70-107(131(105-56-20-7-21-57-105)117-79-102-53-23-43-90-63-65-92-44-28-62-112(117)124(92)123(90)102)83-119(115)133(121-81-103(80-120(132)126(121)129)88-39-16-5-17-40-88)128-110(100-51-26-47-96(77-100)86-35-12-3-13-36-86)60-30-61-111(128)101-52-27-48-97(78-101)87-37-14-4-15-38-87/h1-10,12-23,26-28,31-33,35-37,39-45,47-48,50-58,60,62-83,87,109,123-124,127H,11,24-25,29-30,34,38,46,49,59,61H2. The summed E-state index contributed by atoms with van der Waals surface area (Å²) in [5, 5.41) is 7.57. The van der Waals surface area contributed by atoms with Gasteiger partial charge in [-0.3, -0.25) is 0 Å². The molecule has 2 heterocycles. The van der Waals surface area contributed by atoms with E-state index in [0.29, 0.717) is 0 Å². The molecule has 12 aliphatic rings. The van der Waals surface area contributed by atoms with Gasteiger partial charge in [-0.15, -0.1) is 0 Å². The zero-order valence-electron chi connectivity index (χ0n) is 74.6. The van der Waals surface area contributed by atoms with Crippen LogP contribution in [0.4, 0.5) is 51.2 Å². The van der Waals surface area contributed by atoms with E-state index in [1.807, 2.05) is 0 Å². The molecule has 0 N–H and O–H groups in total. The number of para-hydroxylation sites is 2. The molecule has 0 spiro atoms. The molecular weight excluding hydrogens is 1600 g/mol. The number of nitrogens with zero attached hydrogens (tertiary/aromatic N) is 4. The molecule has 4 nitrogen and oxygen atoms in total. The summed E-state index contributed by atoms with van der Waals surface area (Å²) in [5.74, 6) is 0.661. The van der Waals surface area contributed by atoms with E-state index in [0.717, 1.165) is 105 Å². The molecule has 0 bridgehead atoms. The molecule has 26 rings (SSSR count).